The molecule has 6 nitrogen and oxygen atoms in total. The predicted molar refractivity (Wildman–Crippen MR) is 103 cm³/mol. The van der Waals surface area contributed by atoms with E-state index in [9.17, 15) is 13.2 Å². The Kier molecular flexibility index (Phi) is 17.3. The van der Waals surface area contributed by atoms with Crippen molar-refractivity contribution in [2.24, 2.45) is 0 Å². The van der Waals surface area contributed by atoms with E-state index in [2.05, 4.69) is 11.1 Å². The SMILES string of the molecule is CCCCCCCCCCCCCCCCOC(=O)CCOS(=O)(=O)O. The Morgan fingerprint density at radius 1 is 0.731 bits per heavy atom. The molecule has 0 saturated heterocycles. The third-order valence-corrected chi connectivity index (χ3v) is 4.76. The first-order valence-corrected chi connectivity index (χ1v) is 11.6. The number of esters is 1. The van der Waals surface area contributed by atoms with E-state index in [1.807, 2.05) is 0 Å². The molecular formula is C19H38O6S. The molecule has 0 spiro atoms. The minimum absolute atomic E-state index is 0.182. The van der Waals surface area contributed by atoms with Crippen LogP contribution >= 0.6 is 0 Å². The Labute approximate surface area is 160 Å². The van der Waals surface area contributed by atoms with Crippen molar-refractivity contribution in [2.45, 2.75) is 103 Å². The zero-order valence-corrected chi connectivity index (χ0v) is 17.2. The van der Waals surface area contributed by atoms with E-state index >= 15 is 0 Å². The summed E-state index contributed by atoms with van der Waals surface area (Å²) in [7, 11) is -4.48. The highest BCUT2D eigenvalue weighted by atomic mass is 32.3. The summed E-state index contributed by atoms with van der Waals surface area (Å²) >= 11 is 0. The van der Waals surface area contributed by atoms with Gasteiger partial charge in [-0.05, 0) is 6.42 Å². The molecule has 0 atom stereocenters. The van der Waals surface area contributed by atoms with Crippen LogP contribution in [0.1, 0.15) is 103 Å². The highest BCUT2D eigenvalue weighted by Crippen LogP contribution is 2.12. The molecule has 0 fully saturated rings. The van der Waals surface area contributed by atoms with Gasteiger partial charge in [-0.2, -0.15) is 8.42 Å². The molecule has 0 radical (unpaired) electrons. The lowest BCUT2D eigenvalue weighted by Gasteiger charge is -2.05. The van der Waals surface area contributed by atoms with Crippen LogP contribution in [0, 0.1) is 0 Å². The van der Waals surface area contributed by atoms with Crippen molar-refractivity contribution in [3.63, 3.8) is 0 Å². The first-order chi connectivity index (χ1) is 12.5. The molecule has 0 aromatic carbocycles. The molecule has 0 aromatic heterocycles. The zero-order valence-electron chi connectivity index (χ0n) is 16.4. The number of hydrogen-bond acceptors (Lipinski definition) is 5. The summed E-state index contributed by atoms with van der Waals surface area (Å²) in [6.07, 6.45) is 17.6. The van der Waals surface area contributed by atoms with E-state index in [-0.39, 0.29) is 6.42 Å². The Hall–Kier alpha value is -0.660. The molecule has 0 saturated carbocycles. The van der Waals surface area contributed by atoms with Crippen LogP contribution in [0.3, 0.4) is 0 Å². The second-order valence-electron chi connectivity index (χ2n) is 6.82. The highest BCUT2D eigenvalue weighted by molar-refractivity contribution is 7.80. The standard InChI is InChI=1S/C19H38O6S/c1-2-3-4-5-6-7-8-9-10-11-12-13-14-15-17-24-19(20)16-18-25-26(21,22)23/h2-18H2,1H3,(H,21,22,23). The van der Waals surface area contributed by atoms with Crippen LogP contribution in [0.2, 0.25) is 0 Å². The quantitative estimate of drug-likeness (QED) is 0.183. The maximum Gasteiger partial charge on any atom is 0.397 e. The minimum Gasteiger partial charge on any atom is -0.466 e. The Morgan fingerprint density at radius 3 is 1.58 bits per heavy atom. The topological polar surface area (TPSA) is 89.9 Å². The van der Waals surface area contributed by atoms with E-state index < -0.39 is 23.0 Å². The number of rotatable bonds is 19. The summed E-state index contributed by atoms with van der Waals surface area (Å²) in [5.74, 6) is -0.511. The van der Waals surface area contributed by atoms with Gasteiger partial charge in [0.2, 0.25) is 0 Å². The van der Waals surface area contributed by atoms with Crippen molar-refractivity contribution in [1.82, 2.24) is 0 Å². The number of unbranched alkanes of at least 4 members (excludes halogenated alkanes) is 13. The fourth-order valence-electron chi connectivity index (χ4n) is 2.79. The average molecular weight is 395 g/mol. The lowest BCUT2D eigenvalue weighted by Crippen LogP contribution is -2.12. The fourth-order valence-corrected chi connectivity index (χ4v) is 3.08. The van der Waals surface area contributed by atoms with Crippen LogP contribution in [0.4, 0.5) is 0 Å². The van der Waals surface area contributed by atoms with Gasteiger partial charge in [-0.1, -0.05) is 90.4 Å². The Balaban J connectivity index is 3.18. The molecule has 0 aromatic rings. The van der Waals surface area contributed by atoms with Gasteiger partial charge in [0.15, 0.2) is 0 Å². The summed E-state index contributed by atoms with van der Waals surface area (Å²) < 4.78 is 38.0. The molecule has 0 aliphatic carbocycles. The van der Waals surface area contributed by atoms with Crippen molar-refractivity contribution < 1.29 is 26.7 Å². The molecule has 0 rings (SSSR count). The molecule has 0 unspecified atom stereocenters. The number of carbonyl (C=O) groups excluding carboxylic acids is 1. The first-order valence-electron chi connectivity index (χ1n) is 10.2. The van der Waals surface area contributed by atoms with Gasteiger partial charge in [0, 0.05) is 0 Å². The maximum absolute atomic E-state index is 11.3. The summed E-state index contributed by atoms with van der Waals surface area (Å²) in [6, 6.07) is 0. The Bertz CT molecular complexity index is 422. The average Bonchev–Trinajstić information content (AvgIpc) is 2.57. The molecular weight excluding hydrogens is 356 g/mol. The molecule has 0 amide bonds. The van der Waals surface area contributed by atoms with Gasteiger partial charge in [-0.3, -0.25) is 9.35 Å². The smallest absolute Gasteiger partial charge is 0.397 e. The molecule has 1 N–H and O–H groups in total. The highest BCUT2D eigenvalue weighted by Gasteiger charge is 2.08. The largest absolute Gasteiger partial charge is 0.466 e. The van der Waals surface area contributed by atoms with Crippen LogP contribution < -0.4 is 0 Å². The van der Waals surface area contributed by atoms with E-state index in [0.717, 1.165) is 19.3 Å². The van der Waals surface area contributed by atoms with Gasteiger partial charge in [0.25, 0.3) is 0 Å². The minimum atomic E-state index is -4.48. The third-order valence-electron chi connectivity index (χ3n) is 4.30. The van der Waals surface area contributed by atoms with E-state index in [1.165, 1.54) is 70.6 Å². The van der Waals surface area contributed by atoms with Crippen molar-refractivity contribution in [3.8, 4) is 0 Å². The van der Waals surface area contributed by atoms with Gasteiger partial charge in [-0.15, -0.1) is 0 Å². The lowest BCUT2D eigenvalue weighted by atomic mass is 10.0. The van der Waals surface area contributed by atoms with Gasteiger partial charge in [0.1, 0.15) is 0 Å². The van der Waals surface area contributed by atoms with Crippen LogP contribution in [-0.2, 0) is 24.1 Å². The summed E-state index contributed by atoms with van der Waals surface area (Å²) in [5, 5.41) is 0. The predicted octanol–water partition coefficient (Wildman–Crippen LogP) is 5.22. The normalized spacial score (nSPS) is 11.6. The van der Waals surface area contributed by atoms with Gasteiger partial charge in [-0.25, -0.2) is 4.18 Å². The van der Waals surface area contributed by atoms with Gasteiger partial charge in [0.05, 0.1) is 19.6 Å². The maximum atomic E-state index is 11.3. The fraction of sp³-hybridized carbons (Fsp3) is 0.947. The number of ether oxygens (including phenoxy) is 1. The monoisotopic (exact) mass is 394 g/mol. The van der Waals surface area contributed by atoms with Crippen molar-refractivity contribution in [1.29, 1.82) is 0 Å². The van der Waals surface area contributed by atoms with Crippen LogP contribution in [0.15, 0.2) is 0 Å². The zero-order chi connectivity index (χ0) is 19.5. The van der Waals surface area contributed by atoms with Crippen molar-refractivity contribution in [3.05, 3.63) is 0 Å². The molecule has 0 aliphatic heterocycles. The second-order valence-corrected chi connectivity index (χ2v) is 7.91. The first kappa shape index (κ1) is 25.3. The second kappa shape index (κ2) is 17.7. The molecule has 0 bridgehead atoms. The summed E-state index contributed by atoms with van der Waals surface area (Å²) in [5.41, 5.74) is 0. The van der Waals surface area contributed by atoms with Gasteiger partial charge < -0.3 is 4.74 Å². The molecule has 0 heterocycles. The summed E-state index contributed by atoms with van der Waals surface area (Å²) in [4.78, 5) is 11.3. The van der Waals surface area contributed by atoms with Crippen LogP contribution in [-0.4, -0.2) is 32.2 Å². The van der Waals surface area contributed by atoms with E-state index in [1.54, 1.807) is 0 Å². The van der Waals surface area contributed by atoms with Crippen molar-refractivity contribution in [2.75, 3.05) is 13.2 Å². The Morgan fingerprint density at radius 2 is 1.15 bits per heavy atom. The van der Waals surface area contributed by atoms with Gasteiger partial charge >= 0.3 is 16.4 Å². The molecule has 156 valence electrons. The molecule has 0 aliphatic rings. The van der Waals surface area contributed by atoms with E-state index in [0.29, 0.717) is 6.61 Å². The number of carbonyl (C=O) groups is 1. The molecule has 7 heteroatoms. The van der Waals surface area contributed by atoms with Crippen molar-refractivity contribution >= 4 is 16.4 Å². The summed E-state index contributed by atoms with van der Waals surface area (Å²) in [6.45, 7) is 2.21. The van der Waals surface area contributed by atoms with Crippen LogP contribution in [0.25, 0.3) is 0 Å². The third kappa shape index (κ3) is 21.4. The lowest BCUT2D eigenvalue weighted by molar-refractivity contribution is -0.144. The number of hydrogen-bond donors (Lipinski definition) is 1. The van der Waals surface area contributed by atoms with E-state index in [4.69, 9.17) is 9.29 Å². The molecule has 26 heavy (non-hydrogen) atoms. The van der Waals surface area contributed by atoms with Crippen LogP contribution in [0.5, 0.6) is 0 Å².